The summed E-state index contributed by atoms with van der Waals surface area (Å²) in [4.78, 5) is 11.2. The van der Waals surface area contributed by atoms with E-state index in [1.54, 1.807) is 29.8 Å². The van der Waals surface area contributed by atoms with E-state index in [0.29, 0.717) is 18.6 Å². The van der Waals surface area contributed by atoms with Crippen molar-refractivity contribution in [3.8, 4) is 0 Å². The van der Waals surface area contributed by atoms with Crippen molar-refractivity contribution in [2.75, 3.05) is 6.54 Å². The fraction of sp³-hybridized carbons (Fsp3) is 0.308. The molecule has 1 atom stereocenters. The zero-order valence-corrected chi connectivity index (χ0v) is 10.1. The molecule has 5 nitrogen and oxygen atoms in total. The van der Waals surface area contributed by atoms with Gasteiger partial charge in [-0.2, -0.15) is 0 Å². The molecule has 0 aliphatic carbocycles. The van der Waals surface area contributed by atoms with Crippen LogP contribution in [0.3, 0.4) is 0 Å². The number of benzene rings is 1. The second-order valence-corrected chi connectivity index (χ2v) is 4.25. The summed E-state index contributed by atoms with van der Waals surface area (Å²) in [5, 5.41) is 19.7. The van der Waals surface area contributed by atoms with Crippen molar-refractivity contribution in [1.82, 2.24) is 4.57 Å². The van der Waals surface area contributed by atoms with Gasteiger partial charge in [0.25, 0.3) is 0 Å². The van der Waals surface area contributed by atoms with Gasteiger partial charge in [-0.05, 0) is 13.0 Å². The number of aliphatic hydroxyl groups is 1. The molecule has 0 aliphatic heterocycles. The Labute approximate surface area is 104 Å². The summed E-state index contributed by atoms with van der Waals surface area (Å²) in [5.74, 6) is -0.978. The lowest BCUT2D eigenvalue weighted by Crippen LogP contribution is -2.10. The monoisotopic (exact) mass is 248 g/mol. The van der Waals surface area contributed by atoms with E-state index >= 15 is 0 Å². The van der Waals surface area contributed by atoms with Crippen molar-refractivity contribution < 1.29 is 15.0 Å². The van der Waals surface area contributed by atoms with Gasteiger partial charge in [0.05, 0.1) is 17.2 Å². The van der Waals surface area contributed by atoms with Crippen LogP contribution in [0.25, 0.3) is 10.9 Å². The highest BCUT2D eigenvalue weighted by Gasteiger charge is 2.17. The summed E-state index contributed by atoms with van der Waals surface area (Å²) in [6, 6.07) is 5.06. The third kappa shape index (κ3) is 1.98. The van der Waals surface area contributed by atoms with Crippen LogP contribution >= 0.6 is 0 Å². The Morgan fingerprint density at radius 1 is 1.50 bits per heavy atom. The molecule has 1 heterocycles. The van der Waals surface area contributed by atoms with E-state index in [1.165, 1.54) is 0 Å². The molecule has 0 radical (unpaired) electrons. The molecule has 2 rings (SSSR count). The topological polar surface area (TPSA) is 88.5 Å². The molecule has 1 aromatic heterocycles. The fourth-order valence-corrected chi connectivity index (χ4v) is 2.21. The standard InChI is InChI=1S/C13H16N2O3/c1-8(16)11-7-15(6-5-14)12-9(11)3-2-4-10(12)13(17)18/h2-4,7-8,16H,5-6,14H2,1H3,(H,17,18). The Morgan fingerprint density at radius 3 is 2.78 bits per heavy atom. The van der Waals surface area contributed by atoms with Crippen molar-refractivity contribution >= 4 is 16.9 Å². The van der Waals surface area contributed by atoms with E-state index in [4.69, 9.17) is 5.73 Å². The van der Waals surface area contributed by atoms with Gasteiger partial charge in [-0.1, -0.05) is 12.1 Å². The quantitative estimate of drug-likeness (QED) is 0.762. The maximum absolute atomic E-state index is 11.2. The van der Waals surface area contributed by atoms with Gasteiger partial charge in [-0.25, -0.2) is 4.79 Å². The van der Waals surface area contributed by atoms with Crippen LogP contribution in [0.5, 0.6) is 0 Å². The van der Waals surface area contributed by atoms with Gasteiger partial charge in [-0.15, -0.1) is 0 Å². The van der Waals surface area contributed by atoms with E-state index < -0.39 is 12.1 Å². The van der Waals surface area contributed by atoms with Crippen molar-refractivity contribution in [1.29, 1.82) is 0 Å². The van der Waals surface area contributed by atoms with E-state index in [0.717, 1.165) is 10.9 Å². The van der Waals surface area contributed by atoms with E-state index in [-0.39, 0.29) is 5.56 Å². The number of nitrogens with zero attached hydrogens (tertiary/aromatic N) is 1. The average Bonchev–Trinajstić information content (AvgIpc) is 2.69. The summed E-state index contributed by atoms with van der Waals surface area (Å²) in [5.41, 5.74) is 7.10. The Hall–Kier alpha value is -1.85. The number of aliphatic hydroxyl groups excluding tert-OH is 1. The number of hydrogen-bond donors (Lipinski definition) is 3. The average molecular weight is 248 g/mol. The number of carbonyl (C=O) groups is 1. The van der Waals surface area contributed by atoms with Crippen LogP contribution in [-0.4, -0.2) is 27.3 Å². The second kappa shape index (κ2) is 4.80. The highest BCUT2D eigenvalue weighted by molar-refractivity contribution is 6.03. The predicted octanol–water partition coefficient (Wildman–Crippen LogP) is 1.35. The number of carboxylic acid groups (broad SMARTS) is 1. The van der Waals surface area contributed by atoms with Crippen molar-refractivity contribution in [3.05, 3.63) is 35.5 Å². The SMILES string of the molecule is CC(O)c1cn(CCN)c2c(C(=O)O)cccc12. The smallest absolute Gasteiger partial charge is 0.337 e. The van der Waals surface area contributed by atoms with Gasteiger partial charge in [0, 0.05) is 30.2 Å². The van der Waals surface area contributed by atoms with Crippen molar-refractivity contribution in [2.45, 2.75) is 19.6 Å². The molecule has 2 aromatic rings. The zero-order valence-electron chi connectivity index (χ0n) is 10.1. The molecule has 0 saturated carbocycles. The molecule has 4 N–H and O–H groups in total. The number of aromatic nitrogens is 1. The minimum absolute atomic E-state index is 0.229. The summed E-state index contributed by atoms with van der Waals surface area (Å²) in [6.07, 6.45) is 1.13. The van der Waals surface area contributed by atoms with Gasteiger partial charge in [0.1, 0.15) is 0 Å². The molecule has 0 aliphatic rings. The molecule has 5 heteroatoms. The normalized spacial score (nSPS) is 12.8. The summed E-state index contributed by atoms with van der Waals surface area (Å²) in [6.45, 7) is 2.60. The van der Waals surface area contributed by atoms with Crippen LogP contribution in [-0.2, 0) is 6.54 Å². The highest BCUT2D eigenvalue weighted by Crippen LogP contribution is 2.28. The lowest BCUT2D eigenvalue weighted by atomic mass is 10.1. The Balaban J connectivity index is 2.78. The van der Waals surface area contributed by atoms with Crippen LogP contribution in [0.2, 0.25) is 0 Å². The number of nitrogens with two attached hydrogens (primary N) is 1. The lowest BCUT2D eigenvalue weighted by Gasteiger charge is -2.05. The number of fused-ring (bicyclic) bond motifs is 1. The summed E-state index contributed by atoms with van der Waals surface area (Å²) < 4.78 is 1.79. The number of para-hydroxylation sites is 1. The highest BCUT2D eigenvalue weighted by atomic mass is 16.4. The predicted molar refractivity (Wildman–Crippen MR) is 68.6 cm³/mol. The molecular formula is C13H16N2O3. The zero-order chi connectivity index (χ0) is 13.3. The minimum atomic E-state index is -0.978. The van der Waals surface area contributed by atoms with Gasteiger partial charge in [0.2, 0.25) is 0 Å². The number of carboxylic acids is 1. The lowest BCUT2D eigenvalue weighted by molar-refractivity contribution is 0.0698. The van der Waals surface area contributed by atoms with Crippen LogP contribution in [0.4, 0.5) is 0 Å². The number of hydrogen-bond acceptors (Lipinski definition) is 3. The minimum Gasteiger partial charge on any atom is -0.478 e. The van der Waals surface area contributed by atoms with Gasteiger partial charge in [0.15, 0.2) is 0 Å². The molecule has 1 unspecified atom stereocenters. The summed E-state index contributed by atoms with van der Waals surface area (Å²) >= 11 is 0. The molecule has 0 saturated heterocycles. The van der Waals surface area contributed by atoms with Crippen molar-refractivity contribution in [3.63, 3.8) is 0 Å². The van der Waals surface area contributed by atoms with Gasteiger partial charge >= 0.3 is 5.97 Å². The summed E-state index contributed by atoms with van der Waals surface area (Å²) in [7, 11) is 0. The van der Waals surface area contributed by atoms with Crippen LogP contribution in [0.15, 0.2) is 24.4 Å². The second-order valence-electron chi connectivity index (χ2n) is 4.25. The molecule has 18 heavy (non-hydrogen) atoms. The van der Waals surface area contributed by atoms with Crippen LogP contribution in [0, 0.1) is 0 Å². The fourth-order valence-electron chi connectivity index (χ4n) is 2.21. The maximum Gasteiger partial charge on any atom is 0.337 e. The van der Waals surface area contributed by atoms with Crippen LogP contribution < -0.4 is 5.73 Å². The number of aromatic carboxylic acids is 1. The molecule has 0 spiro atoms. The Morgan fingerprint density at radius 2 is 2.22 bits per heavy atom. The molecular weight excluding hydrogens is 232 g/mol. The Bertz CT molecular complexity index is 587. The molecule has 0 bridgehead atoms. The molecule has 1 aromatic carbocycles. The van der Waals surface area contributed by atoms with E-state index in [1.807, 2.05) is 6.07 Å². The van der Waals surface area contributed by atoms with E-state index in [2.05, 4.69) is 0 Å². The first-order valence-corrected chi connectivity index (χ1v) is 5.79. The van der Waals surface area contributed by atoms with Crippen molar-refractivity contribution in [2.24, 2.45) is 5.73 Å². The van der Waals surface area contributed by atoms with Gasteiger partial charge in [-0.3, -0.25) is 0 Å². The molecule has 0 amide bonds. The maximum atomic E-state index is 11.2. The third-order valence-electron chi connectivity index (χ3n) is 2.98. The Kier molecular flexibility index (Phi) is 3.36. The third-order valence-corrected chi connectivity index (χ3v) is 2.98. The first-order valence-electron chi connectivity index (χ1n) is 5.79. The van der Waals surface area contributed by atoms with Crippen LogP contribution in [0.1, 0.15) is 28.9 Å². The largest absolute Gasteiger partial charge is 0.478 e. The molecule has 96 valence electrons. The van der Waals surface area contributed by atoms with E-state index in [9.17, 15) is 15.0 Å². The van der Waals surface area contributed by atoms with Gasteiger partial charge < -0.3 is 20.5 Å². The molecule has 0 fully saturated rings. The first kappa shape index (κ1) is 12.6. The number of rotatable bonds is 4. The first-order chi connectivity index (χ1) is 8.56.